The van der Waals surface area contributed by atoms with Crippen molar-refractivity contribution in [3.8, 4) is 0 Å². The van der Waals surface area contributed by atoms with Crippen LogP contribution in [0.15, 0.2) is 71.1 Å². The van der Waals surface area contributed by atoms with Gasteiger partial charge in [-0.05, 0) is 61.6 Å². The lowest BCUT2D eigenvalue weighted by molar-refractivity contribution is -0.137. The minimum absolute atomic E-state index is 0.00717. The summed E-state index contributed by atoms with van der Waals surface area (Å²) >= 11 is 0. The fourth-order valence-corrected chi connectivity index (χ4v) is 4.57. The number of alkyl halides is 3. The maximum atomic E-state index is 13.6. The Morgan fingerprint density at radius 3 is 2.35 bits per heavy atom. The Hall–Kier alpha value is -3.10. The number of hydrogen-bond acceptors (Lipinski definition) is 4. The SMILES string of the molecule is Cc1ccc(CN(CCc2ccccc2)C(=O)CN(Cc2ccc(C(F)(F)F)cc2)CC2CCCO2)o1. The molecule has 8 heteroatoms. The van der Waals surface area contributed by atoms with Gasteiger partial charge >= 0.3 is 6.18 Å². The van der Waals surface area contributed by atoms with Crippen LogP contribution in [0.25, 0.3) is 0 Å². The fraction of sp³-hybridized carbons (Fsp3) is 0.414. The number of hydrogen-bond donors (Lipinski definition) is 0. The molecule has 4 rings (SSSR count). The van der Waals surface area contributed by atoms with E-state index in [9.17, 15) is 18.0 Å². The van der Waals surface area contributed by atoms with Crippen molar-refractivity contribution < 1.29 is 27.1 Å². The molecular weight excluding hydrogens is 481 g/mol. The van der Waals surface area contributed by atoms with Gasteiger partial charge in [0.05, 0.1) is 24.8 Å². The summed E-state index contributed by atoms with van der Waals surface area (Å²) in [7, 11) is 0. The van der Waals surface area contributed by atoms with Gasteiger partial charge in [-0.15, -0.1) is 0 Å². The summed E-state index contributed by atoms with van der Waals surface area (Å²) in [6.45, 7) is 4.47. The van der Waals surface area contributed by atoms with E-state index in [1.54, 1.807) is 4.90 Å². The van der Waals surface area contributed by atoms with Crippen LogP contribution in [0.4, 0.5) is 13.2 Å². The highest BCUT2D eigenvalue weighted by molar-refractivity contribution is 5.78. The highest BCUT2D eigenvalue weighted by atomic mass is 19.4. The van der Waals surface area contributed by atoms with E-state index in [0.29, 0.717) is 45.0 Å². The molecule has 0 aliphatic carbocycles. The summed E-state index contributed by atoms with van der Waals surface area (Å²) in [4.78, 5) is 17.4. The highest BCUT2D eigenvalue weighted by Crippen LogP contribution is 2.29. The van der Waals surface area contributed by atoms with Gasteiger partial charge in [0.25, 0.3) is 0 Å². The van der Waals surface area contributed by atoms with Gasteiger partial charge in [-0.25, -0.2) is 0 Å². The summed E-state index contributed by atoms with van der Waals surface area (Å²) in [5.41, 5.74) is 1.17. The number of amides is 1. The standard InChI is InChI=1S/C29H33F3N2O3/c1-22-9-14-27(37-22)20-34(16-15-23-6-3-2-4-7-23)28(35)21-33(19-26-8-5-17-36-26)18-24-10-12-25(13-11-24)29(30,31)32/h2-4,6-7,9-14,26H,5,8,15-21H2,1H3. The number of carbonyl (C=O) groups is 1. The Kier molecular flexibility index (Phi) is 9.05. The number of aryl methyl sites for hydroxylation is 1. The van der Waals surface area contributed by atoms with Crippen LogP contribution in [0, 0.1) is 6.92 Å². The smallest absolute Gasteiger partial charge is 0.416 e. The largest absolute Gasteiger partial charge is 0.464 e. The molecule has 1 aliphatic heterocycles. The lowest BCUT2D eigenvalue weighted by Gasteiger charge is -2.29. The first-order chi connectivity index (χ1) is 17.8. The molecule has 37 heavy (non-hydrogen) atoms. The van der Waals surface area contributed by atoms with Crippen molar-refractivity contribution in [1.82, 2.24) is 9.80 Å². The molecule has 1 saturated heterocycles. The molecule has 1 amide bonds. The lowest BCUT2D eigenvalue weighted by Crippen LogP contribution is -2.43. The molecule has 1 atom stereocenters. The van der Waals surface area contributed by atoms with Crippen molar-refractivity contribution in [2.75, 3.05) is 26.2 Å². The van der Waals surface area contributed by atoms with Gasteiger partial charge in [-0.3, -0.25) is 9.69 Å². The van der Waals surface area contributed by atoms with Crippen LogP contribution in [0.1, 0.15) is 41.1 Å². The third-order valence-corrected chi connectivity index (χ3v) is 6.54. The van der Waals surface area contributed by atoms with Crippen LogP contribution in [0.2, 0.25) is 0 Å². The monoisotopic (exact) mass is 514 g/mol. The third kappa shape index (κ3) is 8.20. The Morgan fingerprint density at radius 2 is 1.73 bits per heavy atom. The Balaban J connectivity index is 1.47. The molecule has 0 bridgehead atoms. The topological polar surface area (TPSA) is 45.9 Å². The Bertz CT molecular complexity index is 1120. The molecule has 1 aliphatic rings. The molecular formula is C29H33F3N2O3. The molecule has 2 aromatic carbocycles. The average molecular weight is 515 g/mol. The Morgan fingerprint density at radius 1 is 0.973 bits per heavy atom. The minimum atomic E-state index is -4.38. The quantitative estimate of drug-likeness (QED) is 0.322. The van der Waals surface area contributed by atoms with E-state index >= 15 is 0 Å². The zero-order valence-electron chi connectivity index (χ0n) is 21.0. The maximum Gasteiger partial charge on any atom is 0.416 e. The van der Waals surface area contributed by atoms with E-state index in [4.69, 9.17) is 9.15 Å². The van der Waals surface area contributed by atoms with Crippen molar-refractivity contribution >= 4 is 5.91 Å². The molecule has 198 valence electrons. The molecule has 1 aromatic heterocycles. The molecule has 0 radical (unpaired) electrons. The number of nitrogens with zero attached hydrogens (tertiary/aromatic N) is 2. The van der Waals surface area contributed by atoms with Gasteiger partial charge in [0.1, 0.15) is 11.5 Å². The molecule has 2 heterocycles. The molecule has 0 saturated carbocycles. The van der Waals surface area contributed by atoms with Crippen molar-refractivity contribution in [2.45, 2.75) is 51.6 Å². The second-order valence-corrected chi connectivity index (χ2v) is 9.56. The number of halogens is 3. The van der Waals surface area contributed by atoms with Crippen LogP contribution in [-0.2, 0) is 35.2 Å². The average Bonchev–Trinajstić information content (AvgIpc) is 3.53. The summed E-state index contributed by atoms with van der Waals surface area (Å²) in [6.07, 6.45) is -1.80. The molecule has 1 unspecified atom stereocenters. The fourth-order valence-electron chi connectivity index (χ4n) is 4.57. The zero-order valence-corrected chi connectivity index (χ0v) is 21.0. The summed E-state index contributed by atoms with van der Waals surface area (Å²) < 4.78 is 50.6. The number of ether oxygens (including phenoxy) is 1. The molecule has 3 aromatic rings. The van der Waals surface area contributed by atoms with E-state index in [2.05, 4.69) is 0 Å². The van der Waals surface area contributed by atoms with Crippen LogP contribution < -0.4 is 0 Å². The predicted molar refractivity (Wildman–Crippen MR) is 135 cm³/mol. The van der Waals surface area contributed by atoms with Gasteiger partial charge in [0.15, 0.2) is 0 Å². The van der Waals surface area contributed by atoms with Crippen molar-refractivity contribution in [3.05, 3.63) is 94.9 Å². The summed E-state index contributed by atoms with van der Waals surface area (Å²) in [6, 6.07) is 18.9. The summed E-state index contributed by atoms with van der Waals surface area (Å²) in [5, 5.41) is 0. The molecule has 1 fully saturated rings. The van der Waals surface area contributed by atoms with Crippen LogP contribution in [-0.4, -0.2) is 48.1 Å². The molecule has 0 spiro atoms. The van der Waals surface area contributed by atoms with Gasteiger partial charge < -0.3 is 14.1 Å². The minimum Gasteiger partial charge on any atom is -0.464 e. The van der Waals surface area contributed by atoms with Crippen LogP contribution in [0.3, 0.4) is 0 Å². The summed E-state index contributed by atoms with van der Waals surface area (Å²) in [5.74, 6) is 1.44. The molecule has 0 N–H and O–H groups in total. The van der Waals surface area contributed by atoms with Crippen molar-refractivity contribution in [1.29, 1.82) is 0 Å². The number of furan rings is 1. The predicted octanol–water partition coefficient (Wildman–Crippen LogP) is 5.86. The van der Waals surface area contributed by atoms with Gasteiger partial charge in [0, 0.05) is 26.2 Å². The van der Waals surface area contributed by atoms with Crippen LogP contribution >= 0.6 is 0 Å². The van der Waals surface area contributed by atoms with Crippen LogP contribution in [0.5, 0.6) is 0 Å². The highest BCUT2D eigenvalue weighted by Gasteiger charge is 2.30. The normalized spacial score (nSPS) is 15.9. The lowest BCUT2D eigenvalue weighted by atomic mass is 10.1. The van der Waals surface area contributed by atoms with E-state index < -0.39 is 11.7 Å². The maximum absolute atomic E-state index is 13.6. The second kappa shape index (κ2) is 12.4. The first-order valence-corrected chi connectivity index (χ1v) is 12.6. The number of carbonyl (C=O) groups excluding carboxylic acids is 1. The van der Waals surface area contributed by atoms with Crippen molar-refractivity contribution in [2.24, 2.45) is 0 Å². The van der Waals surface area contributed by atoms with Gasteiger partial charge in [-0.2, -0.15) is 13.2 Å². The molecule has 5 nitrogen and oxygen atoms in total. The van der Waals surface area contributed by atoms with E-state index in [0.717, 1.165) is 41.9 Å². The second-order valence-electron chi connectivity index (χ2n) is 9.56. The first-order valence-electron chi connectivity index (χ1n) is 12.6. The van der Waals surface area contributed by atoms with Gasteiger partial charge in [-0.1, -0.05) is 42.5 Å². The van der Waals surface area contributed by atoms with Crippen molar-refractivity contribution in [3.63, 3.8) is 0 Å². The van der Waals surface area contributed by atoms with E-state index in [1.807, 2.05) is 54.3 Å². The number of benzene rings is 2. The van der Waals surface area contributed by atoms with E-state index in [-0.39, 0.29) is 18.6 Å². The number of rotatable bonds is 11. The first kappa shape index (κ1) is 26.9. The van der Waals surface area contributed by atoms with E-state index in [1.165, 1.54) is 12.1 Å². The third-order valence-electron chi connectivity index (χ3n) is 6.54. The Labute approximate surface area is 215 Å². The van der Waals surface area contributed by atoms with Gasteiger partial charge in [0.2, 0.25) is 5.91 Å². The zero-order chi connectivity index (χ0) is 26.3.